The van der Waals surface area contributed by atoms with Crippen LogP contribution in [-0.4, -0.2) is 22.4 Å². The Balaban J connectivity index is 2.08. The van der Waals surface area contributed by atoms with Gasteiger partial charge in [-0.3, -0.25) is 0 Å². The fourth-order valence-corrected chi connectivity index (χ4v) is 2.23. The van der Waals surface area contributed by atoms with Crippen LogP contribution in [0, 0.1) is 6.92 Å². The Morgan fingerprint density at radius 1 is 1.36 bits per heavy atom. The average molecular weight is 298 g/mol. The molecule has 0 unspecified atom stereocenters. The van der Waals surface area contributed by atoms with Gasteiger partial charge in [-0.25, -0.2) is 9.48 Å². The van der Waals surface area contributed by atoms with Crippen LogP contribution in [0.4, 0.5) is 4.79 Å². The van der Waals surface area contributed by atoms with Crippen LogP contribution in [0.5, 0.6) is 0 Å². The summed E-state index contributed by atoms with van der Waals surface area (Å²) >= 11 is 0. The number of benzene rings is 1. The van der Waals surface area contributed by atoms with Crippen LogP contribution in [0.1, 0.15) is 31.1 Å². The first kappa shape index (κ1) is 15.8. The van der Waals surface area contributed by atoms with Gasteiger partial charge in [0.15, 0.2) is 0 Å². The minimum atomic E-state index is -0.206. The first-order valence-corrected chi connectivity index (χ1v) is 7.27. The molecule has 116 valence electrons. The molecule has 1 aromatic carbocycles. The number of hydrogen-bond acceptors (Lipinski definition) is 2. The van der Waals surface area contributed by atoms with E-state index in [9.17, 15) is 4.79 Å². The van der Waals surface area contributed by atoms with Crippen LogP contribution in [0.15, 0.2) is 48.7 Å². The molecule has 2 rings (SSSR count). The van der Waals surface area contributed by atoms with Crippen molar-refractivity contribution in [3.63, 3.8) is 0 Å². The van der Waals surface area contributed by atoms with Crippen molar-refractivity contribution < 1.29 is 4.79 Å². The van der Waals surface area contributed by atoms with Crippen molar-refractivity contribution in [1.29, 1.82) is 0 Å². The first-order valence-electron chi connectivity index (χ1n) is 7.27. The largest absolute Gasteiger partial charge is 0.334 e. The van der Waals surface area contributed by atoms with Crippen molar-refractivity contribution in [2.45, 2.75) is 26.8 Å². The average Bonchev–Trinajstić information content (AvgIpc) is 2.88. The number of rotatable bonds is 5. The lowest BCUT2D eigenvalue weighted by molar-refractivity contribution is 0.238. The van der Waals surface area contributed by atoms with Crippen LogP contribution < -0.4 is 10.6 Å². The molecular weight excluding hydrogens is 276 g/mol. The maximum Gasteiger partial charge on any atom is 0.315 e. The quantitative estimate of drug-likeness (QED) is 0.833. The number of nitrogens with one attached hydrogen (secondary N) is 2. The van der Waals surface area contributed by atoms with E-state index in [0.717, 1.165) is 22.5 Å². The smallest absolute Gasteiger partial charge is 0.315 e. The Hall–Kier alpha value is -2.56. The van der Waals surface area contributed by atoms with Crippen LogP contribution in [-0.2, 0) is 0 Å². The third-order valence-corrected chi connectivity index (χ3v) is 3.41. The first-order chi connectivity index (χ1) is 10.5. The summed E-state index contributed by atoms with van der Waals surface area (Å²) < 4.78 is 1.87. The third-order valence-electron chi connectivity index (χ3n) is 3.41. The van der Waals surface area contributed by atoms with Gasteiger partial charge in [-0.2, -0.15) is 5.10 Å². The lowest BCUT2D eigenvalue weighted by Crippen LogP contribution is -2.37. The number of carbonyl (C=O) groups excluding carboxylic acids is 1. The van der Waals surface area contributed by atoms with E-state index < -0.39 is 0 Å². The molecule has 0 aliphatic carbocycles. The summed E-state index contributed by atoms with van der Waals surface area (Å²) in [5.74, 6) is 0. The van der Waals surface area contributed by atoms with E-state index in [1.54, 1.807) is 6.20 Å². The summed E-state index contributed by atoms with van der Waals surface area (Å²) in [6.45, 7) is 10.0. The van der Waals surface area contributed by atoms with Gasteiger partial charge >= 0.3 is 6.03 Å². The van der Waals surface area contributed by atoms with E-state index in [1.165, 1.54) is 0 Å². The minimum absolute atomic E-state index is 0.123. The molecule has 0 aliphatic rings. The fourth-order valence-electron chi connectivity index (χ4n) is 2.23. The minimum Gasteiger partial charge on any atom is -0.334 e. The fraction of sp³-hybridized carbons (Fsp3) is 0.294. The van der Waals surface area contributed by atoms with Gasteiger partial charge in [-0.15, -0.1) is 0 Å². The summed E-state index contributed by atoms with van der Waals surface area (Å²) in [4.78, 5) is 11.8. The Bertz CT molecular complexity index is 661. The van der Waals surface area contributed by atoms with E-state index in [0.29, 0.717) is 6.54 Å². The highest BCUT2D eigenvalue weighted by molar-refractivity contribution is 5.74. The molecule has 1 atom stereocenters. The van der Waals surface area contributed by atoms with Gasteiger partial charge < -0.3 is 10.6 Å². The van der Waals surface area contributed by atoms with Gasteiger partial charge in [0.25, 0.3) is 0 Å². The van der Waals surface area contributed by atoms with Gasteiger partial charge in [0.2, 0.25) is 0 Å². The maximum atomic E-state index is 11.8. The predicted molar refractivity (Wildman–Crippen MR) is 88.1 cm³/mol. The molecule has 5 nitrogen and oxygen atoms in total. The molecule has 0 bridgehead atoms. The summed E-state index contributed by atoms with van der Waals surface area (Å²) in [7, 11) is 0. The van der Waals surface area contributed by atoms with Crippen molar-refractivity contribution in [3.8, 4) is 5.69 Å². The van der Waals surface area contributed by atoms with Crippen LogP contribution in [0.25, 0.3) is 5.69 Å². The topological polar surface area (TPSA) is 59.0 Å². The molecule has 5 heteroatoms. The van der Waals surface area contributed by atoms with Gasteiger partial charge in [0, 0.05) is 17.8 Å². The highest BCUT2D eigenvalue weighted by Crippen LogP contribution is 2.19. The normalized spacial score (nSPS) is 11.8. The van der Waals surface area contributed by atoms with E-state index in [4.69, 9.17) is 0 Å². The molecule has 2 amide bonds. The standard InChI is InChI=1S/C17H22N4O/c1-12(2)10-18-17(22)20-13(3)16-11-19-21(14(16)4)15-8-6-5-7-9-15/h5-9,11,13H,1,10H2,2-4H3,(H2,18,20,22)/t13-/m0/s1. The number of aromatic nitrogens is 2. The molecule has 0 radical (unpaired) electrons. The van der Waals surface area contributed by atoms with Gasteiger partial charge in [0.1, 0.15) is 0 Å². The van der Waals surface area contributed by atoms with E-state index >= 15 is 0 Å². The summed E-state index contributed by atoms with van der Waals surface area (Å²) in [5.41, 5.74) is 3.93. The number of carbonyl (C=O) groups is 1. The van der Waals surface area contributed by atoms with Crippen molar-refractivity contribution in [2.75, 3.05) is 6.54 Å². The monoisotopic (exact) mass is 298 g/mol. The molecule has 0 spiro atoms. The predicted octanol–water partition coefficient (Wildman–Crippen LogP) is 3.12. The van der Waals surface area contributed by atoms with Crippen molar-refractivity contribution in [3.05, 3.63) is 59.9 Å². The van der Waals surface area contributed by atoms with Gasteiger partial charge in [0.05, 0.1) is 17.9 Å². The maximum absolute atomic E-state index is 11.8. The summed E-state index contributed by atoms with van der Waals surface area (Å²) in [6, 6.07) is 9.60. The second-order valence-corrected chi connectivity index (χ2v) is 5.44. The number of hydrogen-bond donors (Lipinski definition) is 2. The SMILES string of the molecule is C=C(C)CNC(=O)N[C@@H](C)c1cnn(-c2ccccc2)c1C. The van der Waals surface area contributed by atoms with Gasteiger partial charge in [-0.1, -0.05) is 30.4 Å². The zero-order valence-corrected chi connectivity index (χ0v) is 13.3. The summed E-state index contributed by atoms with van der Waals surface area (Å²) in [6.07, 6.45) is 1.80. The molecule has 0 aliphatic heterocycles. The number of urea groups is 1. The molecule has 2 N–H and O–H groups in total. The summed E-state index contributed by atoms with van der Waals surface area (Å²) in [5, 5.41) is 10.1. The molecule has 1 aromatic heterocycles. The Labute approximate surface area is 131 Å². The number of para-hydroxylation sites is 1. The molecule has 0 saturated heterocycles. The highest BCUT2D eigenvalue weighted by Gasteiger charge is 2.16. The lowest BCUT2D eigenvalue weighted by atomic mass is 10.1. The van der Waals surface area contributed by atoms with E-state index in [1.807, 2.05) is 55.8 Å². The molecule has 1 heterocycles. The van der Waals surface area contributed by atoms with Crippen LogP contribution in [0.3, 0.4) is 0 Å². The van der Waals surface area contributed by atoms with Gasteiger partial charge in [-0.05, 0) is 32.9 Å². The molecular formula is C17H22N4O. The second kappa shape index (κ2) is 6.93. The lowest BCUT2D eigenvalue weighted by Gasteiger charge is -2.15. The van der Waals surface area contributed by atoms with E-state index in [-0.39, 0.29) is 12.1 Å². The van der Waals surface area contributed by atoms with Crippen molar-refractivity contribution >= 4 is 6.03 Å². The number of amides is 2. The van der Waals surface area contributed by atoms with Crippen LogP contribution >= 0.6 is 0 Å². The van der Waals surface area contributed by atoms with Crippen molar-refractivity contribution in [1.82, 2.24) is 20.4 Å². The van der Waals surface area contributed by atoms with Crippen LogP contribution in [0.2, 0.25) is 0 Å². The van der Waals surface area contributed by atoms with E-state index in [2.05, 4.69) is 22.3 Å². The molecule has 22 heavy (non-hydrogen) atoms. The molecule has 0 saturated carbocycles. The third kappa shape index (κ3) is 3.75. The zero-order chi connectivity index (χ0) is 16.1. The highest BCUT2D eigenvalue weighted by atomic mass is 16.2. The Morgan fingerprint density at radius 3 is 2.68 bits per heavy atom. The zero-order valence-electron chi connectivity index (χ0n) is 13.3. The Morgan fingerprint density at radius 2 is 2.05 bits per heavy atom. The molecule has 0 fully saturated rings. The van der Waals surface area contributed by atoms with Crippen molar-refractivity contribution in [2.24, 2.45) is 0 Å². The number of nitrogens with zero attached hydrogens (tertiary/aromatic N) is 2. The molecule has 2 aromatic rings. The Kier molecular flexibility index (Phi) is 4.99. The second-order valence-electron chi connectivity index (χ2n) is 5.44.